The van der Waals surface area contributed by atoms with E-state index in [1.54, 1.807) is 0 Å². The number of carbonyl (C=O) groups is 1. The van der Waals surface area contributed by atoms with Gasteiger partial charge in [-0.05, 0) is 44.2 Å². The van der Waals surface area contributed by atoms with Crippen LogP contribution >= 0.6 is 0 Å². The second-order valence-electron chi connectivity index (χ2n) is 6.55. The number of nitrogens with one attached hydrogen (secondary N) is 1. The van der Waals surface area contributed by atoms with Gasteiger partial charge in [-0.25, -0.2) is 12.8 Å². The molecule has 0 atom stereocenters. The van der Waals surface area contributed by atoms with Crippen molar-refractivity contribution in [3.8, 4) is 0 Å². The number of aromatic nitrogens is 1. The van der Waals surface area contributed by atoms with Crippen molar-refractivity contribution in [2.24, 2.45) is 0 Å². The summed E-state index contributed by atoms with van der Waals surface area (Å²) in [4.78, 5) is 17.6. The van der Waals surface area contributed by atoms with Crippen molar-refractivity contribution in [3.05, 3.63) is 53.1 Å². The molecular weight excluding hydrogens is 357 g/mol. The molecule has 0 spiro atoms. The number of sulfonamides is 1. The van der Waals surface area contributed by atoms with Crippen LogP contribution in [0.2, 0.25) is 0 Å². The van der Waals surface area contributed by atoms with Gasteiger partial charge in [0.15, 0.2) is 5.78 Å². The molecule has 1 aromatic heterocycles. The largest absolute Gasteiger partial charge is 0.362 e. The second kappa shape index (κ2) is 7.30. The molecule has 0 bridgehead atoms. The Morgan fingerprint density at radius 1 is 1.12 bits per heavy atom. The molecule has 1 saturated heterocycles. The van der Waals surface area contributed by atoms with Gasteiger partial charge in [-0.1, -0.05) is 0 Å². The molecule has 3 rings (SSSR count). The molecule has 0 unspecified atom stereocenters. The van der Waals surface area contributed by atoms with Crippen molar-refractivity contribution in [3.63, 3.8) is 0 Å². The van der Waals surface area contributed by atoms with Crippen molar-refractivity contribution in [1.29, 1.82) is 0 Å². The molecule has 1 aliphatic heterocycles. The van der Waals surface area contributed by atoms with Gasteiger partial charge in [-0.2, -0.15) is 4.31 Å². The summed E-state index contributed by atoms with van der Waals surface area (Å²) in [5, 5.41) is 0. The summed E-state index contributed by atoms with van der Waals surface area (Å²) in [6, 6.07) is 6.67. The molecule has 0 saturated carbocycles. The highest BCUT2D eigenvalue weighted by atomic mass is 32.2. The Bertz CT molecular complexity index is 898. The van der Waals surface area contributed by atoms with Gasteiger partial charge in [-0.15, -0.1) is 0 Å². The number of aryl methyl sites for hydroxylation is 2. The first-order chi connectivity index (χ1) is 12.3. The number of Topliss-reactive ketones (excluding diaryl/α,β-unsaturated/α-hetero) is 1. The molecule has 6 nitrogen and oxygen atoms in total. The van der Waals surface area contributed by atoms with Gasteiger partial charge in [0.05, 0.1) is 11.4 Å². The topological polar surface area (TPSA) is 73.5 Å². The Labute approximate surface area is 152 Å². The number of aromatic amines is 1. The van der Waals surface area contributed by atoms with E-state index in [-0.39, 0.29) is 17.2 Å². The van der Waals surface area contributed by atoms with Crippen LogP contribution in [-0.2, 0) is 10.0 Å². The Hall–Kier alpha value is -2.03. The van der Waals surface area contributed by atoms with E-state index in [0.29, 0.717) is 31.7 Å². The fourth-order valence-corrected chi connectivity index (χ4v) is 4.61. The maximum Gasteiger partial charge on any atom is 0.243 e. The van der Waals surface area contributed by atoms with Crippen LogP contribution in [0.4, 0.5) is 4.39 Å². The fraction of sp³-hybridized carbons (Fsp3) is 0.389. The standard InChI is InChI=1S/C18H22FN3O3S/c1-13-11-17(14(2)20-13)18(23)12-21-7-9-22(10-8-21)26(24,25)16-5-3-15(19)4-6-16/h3-6,11,20H,7-10,12H2,1-2H3. The van der Waals surface area contributed by atoms with Gasteiger partial charge in [0, 0.05) is 43.1 Å². The lowest BCUT2D eigenvalue weighted by atomic mass is 10.1. The third-order valence-electron chi connectivity index (χ3n) is 4.60. The number of rotatable bonds is 5. The zero-order valence-corrected chi connectivity index (χ0v) is 15.6. The van der Waals surface area contributed by atoms with Gasteiger partial charge in [0.25, 0.3) is 0 Å². The van der Waals surface area contributed by atoms with Crippen LogP contribution in [0.5, 0.6) is 0 Å². The highest BCUT2D eigenvalue weighted by Gasteiger charge is 2.29. The minimum absolute atomic E-state index is 0.0293. The molecule has 1 aromatic carbocycles. The molecule has 1 N–H and O–H groups in total. The second-order valence-corrected chi connectivity index (χ2v) is 8.49. The van der Waals surface area contributed by atoms with Crippen LogP contribution in [0.3, 0.4) is 0 Å². The zero-order valence-electron chi connectivity index (χ0n) is 14.8. The van der Waals surface area contributed by atoms with Crippen molar-refractivity contribution in [2.45, 2.75) is 18.7 Å². The lowest BCUT2D eigenvalue weighted by Crippen LogP contribution is -2.49. The maximum absolute atomic E-state index is 13.0. The number of hydrogen-bond acceptors (Lipinski definition) is 4. The van der Waals surface area contributed by atoms with E-state index < -0.39 is 15.8 Å². The lowest BCUT2D eigenvalue weighted by Gasteiger charge is -2.33. The predicted octanol–water partition coefficient (Wildman–Crippen LogP) is 1.96. The van der Waals surface area contributed by atoms with E-state index in [1.165, 1.54) is 16.4 Å². The molecule has 26 heavy (non-hydrogen) atoms. The number of piperazine rings is 1. The molecule has 1 aliphatic rings. The average Bonchev–Trinajstić information content (AvgIpc) is 2.94. The van der Waals surface area contributed by atoms with Gasteiger partial charge in [-0.3, -0.25) is 9.69 Å². The smallest absolute Gasteiger partial charge is 0.243 e. The molecule has 0 radical (unpaired) electrons. The third kappa shape index (κ3) is 3.87. The fourth-order valence-electron chi connectivity index (χ4n) is 3.19. The zero-order chi connectivity index (χ0) is 18.9. The van der Waals surface area contributed by atoms with E-state index >= 15 is 0 Å². The maximum atomic E-state index is 13.0. The molecule has 140 valence electrons. The average molecular weight is 379 g/mol. The van der Waals surface area contributed by atoms with Crippen molar-refractivity contribution < 1.29 is 17.6 Å². The normalized spacial score (nSPS) is 16.7. The first kappa shape index (κ1) is 18.8. The first-order valence-corrected chi connectivity index (χ1v) is 9.89. The summed E-state index contributed by atoms with van der Waals surface area (Å²) in [6.07, 6.45) is 0. The summed E-state index contributed by atoms with van der Waals surface area (Å²) in [5.74, 6) is -0.440. The van der Waals surface area contributed by atoms with E-state index in [9.17, 15) is 17.6 Å². The quantitative estimate of drug-likeness (QED) is 0.806. The van der Waals surface area contributed by atoms with Crippen LogP contribution in [-0.4, -0.2) is 61.1 Å². The molecule has 0 amide bonds. The minimum Gasteiger partial charge on any atom is -0.362 e. The van der Waals surface area contributed by atoms with Gasteiger partial charge < -0.3 is 4.98 Å². The summed E-state index contributed by atoms with van der Waals surface area (Å²) >= 11 is 0. The van der Waals surface area contributed by atoms with Crippen LogP contribution in [0, 0.1) is 19.7 Å². The number of nitrogens with zero attached hydrogens (tertiary/aromatic N) is 2. The van der Waals surface area contributed by atoms with E-state index in [2.05, 4.69) is 4.98 Å². The van der Waals surface area contributed by atoms with Gasteiger partial charge in [0.2, 0.25) is 10.0 Å². The number of halogens is 1. The summed E-state index contributed by atoms with van der Waals surface area (Å²) in [6.45, 7) is 5.61. The number of benzene rings is 1. The highest BCUT2D eigenvalue weighted by Crippen LogP contribution is 2.18. The monoisotopic (exact) mass is 379 g/mol. The van der Waals surface area contributed by atoms with E-state index in [1.807, 2.05) is 24.8 Å². The third-order valence-corrected chi connectivity index (χ3v) is 6.51. The molecular formula is C18H22FN3O3S. The van der Waals surface area contributed by atoms with E-state index in [0.717, 1.165) is 23.5 Å². The number of ketones is 1. The van der Waals surface area contributed by atoms with Crippen molar-refractivity contribution in [2.75, 3.05) is 32.7 Å². The molecule has 0 aliphatic carbocycles. The minimum atomic E-state index is -3.64. The Kier molecular flexibility index (Phi) is 5.27. The van der Waals surface area contributed by atoms with Crippen molar-refractivity contribution in [1.82, 2.24) is 14.2 Å². The molecule has 1 fully saturated rings. The Morgan fingerprint density at radius 3 is 2.27 bits per heavy atom. The van der Waals surface area contributed by atoms with Crippen LogP contribution < -0.4 is 0 Å². The van der Waals surface area contributed by atoms with Crippen LogP contribution in [0.1, 0.15) is 21.7 Å². The van der Waals surface area contributed by atoms with Crippen LogP contribution in [0.25, 0.3) is 0 Å². The van der Waals surface area contributed by atoms with Gasteiger partial charge in [0.1, 0.15) is 5.82 Å². The number of H-pyrrole nitrogens is 1. The van der Waals surface area contributed by atoms with Crippen LogP contribution in [0.15, 0.2) is 35.2 Å². The van der Waals surface area contributed by atoms with Crippen molar-refractivity contribution >= 4 is 15.8 Å². The molecule has 8 heteroatoms. The molecule has 2 heterocycles. The Morgan fingerprint density at radius 2 is 1.73 bits per heavy atom. The number of hydrogen-bond donors (Lipinski definition) is 1. The first-order valence-electron chi connectivity index (χ1n) is 8.45. The highest BCUT2D eigenvalue weighted by molar-refractivity contribution is 7.89. The SMILES string of the molecule is Cc1cc(C(=O)CN2CCN(S(=O)(=O)c3ccc(F)cc3)CC2)c(C)[nH]1. The summed E-state index contributed by atoms with van der Waals surface area (Å²) < 4.78 is 39.6. The Balaban J connectivity index is 1.61. The summed E-state index contributed by atoms with van der Waals surface area (Å²) in [5.41, 5.74) is 2.48. The predicted molar refractivity (Wildman–Crippen MR) is 96.2 cm³/mol. The van der Waals surface area contributed by atoms with Gasteiger partial charge >= 0.3 is 0 Å². The summed E-state index contributed by atoms with van der Waals surface area (Å²) in [7, 11) is -3.64. The molecule has 2 aromatic rings. The number of carbonyl (C=O) groups excluding carboxylic acids is 1. The lowest BCUT2D eigenvalue weighted by molar-refractivity contribution is 0.0901. The van der Waals surface area contributed by atoms with E-state index in [4.69, 9.17) is 0 Å².